The number of nitriles is 1. The van der Waals surface area contributed by atoms with Gasteiger partial charge in [-0.3, -0.25) is 4.31 Å². The van der Waals surface area contributed by atoms with Crippen molar-refractivity contribution in [2.45, 2.75) is 4.90 Å². The van der Waals surface area contributed by atoms with Crippen LogP contribution in [0.5, 0.6) is 0 Å². The Morgan fingerprint density at radius 1 is 1.18 bits per heavy atom. The van der Waals surface area contributed by atoms with Gasteiger partial charge in [0.05, 0.1) is 4.88 Å². The Morgan fingerprint density at radius 2 is 2.00 bits per heavy atom. The number of H-pyrrole nitrogens is 1. The van der Waals surface area contributed by atoms with Gasteiger partial charge in [-0.25, -0.2) is 0 Å². The van der Waals surface area contributed by atoms with Crippen LogP contribution in [0.4, 0.5) is 0 Å². The Morgan fingerprint density at radius 3 is 2.77 bits per heavy atom. The number of nitrogens with one attached hydrogen (secondary N) is 1. The van der Waals surface area contributed by atoms with Crippen LogP contribution in [-0.4, -0.2) is 33.8 Å². The van der Waals surface area contributed by atoms with E-state index in [4.69, 9.17) is 5.26 Å². The summed E-state index contributed by atoms with van der Waals surface area (Å²) in [4.78, 5) is 3.27. The van der Waals surface area contributed by atoms with Gasteiger partial charge in [0.2, 0.25) is 0 Å². The Balaban J connectivity index is 1.93. The number of aromatic nitrogens is 3. The number of rotatable bonds is 4. The number of hydrogen-bond donors (Lipinski definition) is 1. The van der Waals surface area contributed by atoms with Gasteiger partial charge in [0, 0.05) is 9.77 Å². The van der Waals surface area contributed by atoms with Crippen molar-refractivity contribution in [2.75, 3.05) is 14.1 Å². The first kappa shape index (κ1) is 14.8. The molecule has 2 aromatic heterocycles. The molecule has 0 amide bonds. The highest BCUT2D eigenvalue weighted by Gasteiger charge is 2.13. The average Bonchev–Trinajstić information content (AvgIpc) is 3.15. The van der Waals surface area contributed by atoms with Crippen LogP contribution in [0, 0.1) is 11.3 Å². The molecule has 1 aromatic carbocycles. The van der Waals surface area contributed by atoms with E-state index in [2.05, 4.69) is 50.0 Å². The second-order valence-electron chi connectivity index (χ2n) is 4.73. The van der Waals surface area contributed by atoms with E-state index in [1.807, 2.05) is 26.2 Å². The third kappa shape index (κ3) is 3.04. The fourth-order valence-electron chi connectivity index (χ4n) is 2.02. The minimum atomic E-state index is 0.324. The van der Waals surface area contributed by atoms with Gasteiger partial charge in [0.25, 0.3) is 0 Å². The molecule has 2 heterocycles. The summed E-state index contributed by atoms with van der Waals surface area (Å²) in [5.41, 5.74) is 2.09. The van der Waals surface area contributed by atoms with E-state index in [9.17, 15) is 0 Å². The smallest absolute Gasteiger partial charge is 0.191 e. The van der Waals surface area contributed by atoms with E-state index in [1.54, 1.807) is 23.3 Å². The van der Waals surface area contributed by atoms with Crippen LogP contribution in [0.3, 0.4) is 0 Å². The second kappa shape index (κ2) is 6.32. The Bertz CT molecular complexity index is 828. The predicted octanol–water partition coefficient (Wildman–Crippen LogP) is 3.64. The maximum atomic E-state index is 9.04. The number of thiophene rings is 1. The van der Waals surface area contributed by atoms with E-state index in [-0.39, 0.29) is 0 Å². The first-order valence-corrected chi connectivity index (χ1v) is 8.13. The summed E-state index contributed by atoms with van der Waals surface area (Å²) in [6.07, 6.45) is 0. The number of hydrogen-bond acceptors (Lipinski definition) is 6. The van der Waals surface area contributed by atoms with Crippen LogP contribution < -0.4 is 0 Å². The molecule has 0 aliphatic heterocycles. The van der Waals surface area contributed by atoms with Crippen LogP contribution in [0.25, 0.3) is 21.0 Å². The molecule has 0 aliphatic carbocycles. The first-order valence-electron chi connectivity index (χ1n) is 6.54. The molecule has 1 N–H and O–H groups in total. The summed E-state index contributed by atoms with van der Waals surface area (Å²) in [5, 5.41) is 19.4. The molecule has 0 saturated carbocycles. The van der Waals surface area contributed by atoms with Gasteiger partial charge in [-0.1, -0.05) is 12.1 Å². The van der Waals surface area contributed by atoms with E-state index in [0.717, 1.165) is 15.3 Å². The number of nitrogens with zero attached hydrogens (tertiary/aromatic N) is 4. The van der Waals surface area contributed by atoms with Crippen molar-refractivity contribution >= 4 is 23.3 Å². The highest BCUT2D eigenvalue weighted by Crippen LogP contribution is 2.35. The minimum absolute atomic E-state index is 0.324. The van der Waals surface area contributed by atoms with Crippen molar-refractivity contribution in [2.24, 2.45) is 0 Å². The molecular formula is C15H13N5S2. The highest BCUT2D eigenvalue weighted by atomic mass is 32.2. The molecule has 3 aromatic rings. The standard InChI is InChI=1S/C15H13N5S2/c1-20(2)22-11-5-3-4-10(8-11)13-6-7-14(21-13)15-12(9-16)17-19-18-15/h3-8H,1-2H3,(H,17,18,19). The highest BCUT2D eigenvalue weighted by molar-refractivity contribution is 7.97. The van der Waals surface area contributed by atoms with Crippen molar-refractivity contribution in [3.63, 3.8) is 0 Å². The molecule has 22 heavy (non-hydrogen) atoms. The van der Waals surface area contributed by atoms with E-state index < -0.39 is 0 Å². The zero-order valence-electron chi connectivity index (χ0n) is 12.1. The normalized spacial score (nSPS) is 10.8. The van der Waals surface area contributed by atoms with E-state index in [0.29, 0.717) is 11.4 Å². The molecule has 7 heteroatoms. The fraction of sp³-hybridized carbons (Fsp3) is 0.133. The molecule has 5 nitrogen and oxygen atoms in total. The SMILES string of the molecule is CN(C)Sc1cccc(-c2ccc(-c3n[nH]nc3C#N)s2)c1. The number of benzene rings is 1. The minimum Gasteiger partial charge on any atom is -0.253 e. The van der Waals surface area contributed by atoms with Crippen molar-refractivity contribution in [1.29, 1.82) is 5.26 Å². The molecule has 0 atom stereocenters. The molecule has 0 saturated heterocycles. The maximum Gasteiger partial charge on any atom is 0.191 e. The summed E-state index contributed by atoms with van der Waals surface area (Å²) in [7, 11) is 4.04. The first-order chi connectivity index (χ1) is 10.7. The molecule has 110 valence electrons. The monoisotopic (exact) mass is 327 g/mol. The van der Waals surface area contributed by atoms with E-state index in [1.165, 1.54) is 4.90 Å². The summed E-state index contributed by atoms with van der Waals surface area (Å²) in [6.45, 7) is 0. The van der Waals surface area contributed by atoms with Crippen LogP contribution in [0.2, 0.25) is 0 Å². The third-order valence-electron chi connectivity index (χ3n) is 2.90. The molecule has 0 radical (unpaired) electrons. The zero-order valence-corrected chi connectivity index (χ0v) is 13.7. The summed E-state index contributed by atoms with van der Waals surface area (Å²) in [6, 6.07) is 14.5. The van der Waals surface area contributed by atoms with Crippen LogP contribution >= 0.6 is 23.3 Å². The topological polar surface area (TPSA) is 68.6 Å². The lowest BCUT2D eigenvalue weighted by atomic mass is 10.2. The molecule has 0 fully saturated rings. The fourth-order valence-corrected chi connectivity index (χ4v) is 3.75. The lowest BCUT2D eigenvalue weighted by molar-refractivity contribution is 0.703. The van der Waals surface area contributed by atoms with Gasteiger partial charge in [0.1, 0.15) is 11.8 Å². The van der Waals surface area contributed by atoms with Crippen molar-refractivity contribution < 1.29 is 0 Å². The maximum absolute atomic E-state index is 9.04. The van der Waals surface area contributed by atoms with E-state index >= 15 is 0 Å². The molecule has 0 spiro atoms. The average molecular weight is 327 g/mol. The van der Waals surface area contributed by atoms with Crippen molar-refractivity contribution in [1.82, 2.24) is 19.7 Å². The largest absolute Gasteiger partial charge is 0.253 e. The van der Waals surface area contributed by atoms with Crippen LogP contribution in [-0.2, 0) is 0 Å². The zero-order chi connectivity index (χ0) is 15.5. The summed E-state index contributed by atoms with van der Waals surface area (Å²) >= 11 is 3.29. The second-order valence-corrected chi connectivity index (χ2v) is 7.20. The lowest BCUT2D eigenvalue weighted by Gasteiger charge is -2.09. The predicted molar refractivity (Wildman–Crippen MR) is 89.4 cm³/mol. The van der Waals surface area contributed by atoms with Gasteiger partial charge in [-0.15, -0.1) is 16.4 Å². The molecule has 0 aliphatic rings. The van der Waals surface area contributed by atoms with Gasteiger partial charge < -0.3 is 0 Å². The van der Waals surface area contributed by atoms with Gasteiger partial charge >= 0.3 is 0 Å². The van der Waals surface area contributed by atoms with Gasteiger partial charge in [0.15, 0.2) is 5.69 Å². The number of aromatic amines is 1. The molecule has 0 bridgehead atoms. The van der Waals surface area contributed by atoms with Crippen LogP contribution in [0.1, 0.15) is 5.69 Å². The molecule has 0 unspecified atom stereocenters. The summed E-state index contributed by atoms with van der Waals surface area (Å²) in [5.74, 6) is 0. The Hall–Kier alpha value is -2.14. The van der Waals surface area contributed by atoms with Gasteiger partial charge in [-0.05, 0) is 55.9 Å². The quantitative estimate of drug-likeness (QED) is 0.741. The van der Waals surface area contributed by atoms with Crippen LogP contribution in [0.15, 0.2) is 41.3 Å². The van der Waals surface area contributed by atoms with Gasteiger partial charge in [-0.2, -0.15) is 15.6 Å². The molecule has 3 rings (SSSR count). The third-order valence-corrected chi connectivity index (χ3v) is 4.87. The Kier molecular flexibility index (Phi) is 4.24. The molecular weight excluding hydrogens is 314 g/mol. The Labute approximate surface area is 136 Å². The summed E-state index contributed by atoms with van der Waals surface area (Å²) < 4.78 is 2.06. The lowest BCUT2D eigenvalue weighted by Crippen LogP contribution is -1.98. The van der Waals surface area contributed by atoms with Crippen molar-refractivity contribution in [3.05, 3.63) is 42.1 Å². The van der Waals surface area contributed by atoms with Crippen molar-refractivity contribution in [3.8, 4) is 27.1 Å².